The Labute approximate surface area is 127 Å². The highest BCUT2D eigenvalue weighted by atomic mass is 35.5. The number of aromatic nitrogens is 1. The maximum atomic E-state index is 11.8. The third-order valence-corrected chi connectivity index (χ3v) is 3.86. The Morgan fingerprint density at radius 3 is 2.65 bits per heavy atom. The van der Waals surface area contributed by atoms with Gasteiger partial charge in [-0.05, 0) is 42.8 Å². The van der Waals surface area contributed by atoms with Gasteiger partial charge >= 0.3 is 0 Å². The molecule has 20 heavy (non-hydrogen) atoms. The van der Waals surface area contributed by atoms with Crippen LogP contribution in [0.15, 0.2) is 47.5 Å². The molecule has 0 bridgehead atoms. The SMILES string of the molecule is Cc1ccc(NC(=O)CCSc2ccc(Cl)cc2)nc1. The van der Waals surface area contributed by atoms with E-state index >= 15 is 0 Å². The molecule has 104 valence electrons. The summed E-state index contributed by atoms with van der Waals surface area (Å²) in [6.07, 6.45) is 2.18. The van der Waals surface area contributed by atoms with E-state index in [1.807, 2.05) is 37.3 Å². The van der Waals surface area contributed by atoms with Crippen molar-refractivity contribution >= 4 is 35.1 Å². The average molecular weight is 307 g/mol. The third kappa shape index (κ3) is 4.87. The molecular formula is C15H15ClN2OS. The zero-order valence-corrected chi connectivity index (χ0v) is 12.7. The number of aryl methyl sites for hydroxylation is 1. The Balaban J connectivity index is 1.75. The van der Waals surface area contributed by atoms with Crippen LogP contribution in [0.4, 0.5) is 5.82 Å². The molecule has 2 aromatic rings. The summed E-state index contributed by atoms with van der Waals surface area (Å²) in [5, 5.41) is 3.50. The number of hydrogen-bond acceptors (Lipinski definition) is 3. The van der Waals surface area contributed by atoms with Gasteiger partial charge in [0.1, 0.15) is 5.82 Å². The minimum atomic E-state index is -0.0252. The van der Waals surface area contributed by atoms with E-state index in [1.165, 1.54) is 0 Å². The smallest absolute Gasteiger partial charge is 0.226 e. The van der Waals surface area contributed by atoms with Crippen LogP contribution in [0, 0.1) is 6.92 Å². The molecule has 5 heteroatoms. The topological polar surface area (TPSA) is 42.0 Å². The van der Waals surface area contributed by atoms with Crippen LogP contribution in [0.2, 0.25) is 5.02 Å². The number of hydrogen-bond donors (Lipinski definition) is 1. The van der Waals surface area contributed by atoms with Crippen LogP contribution in [0.25, 0.3) is 0 Å². The van der Waals surface area contributed by atoms with E-state index in [2.05, 4.69) is 10.3 Å². The number of nitrogens with zero attached hydrogens (tertiary/aromatic N) is 1. The lowest BCUT2D eigenvalue weighted by molar-refractivity contribution is -0.115. The minimum absolute atomic E-state index is 0.0252. The van der Waals surface area contributed by atoms with Crippen molar-refractivity contribution in [1.29, 1.82) is 0 Å². The molecule has 1 N–H and O–H groups in total. The number of amides is 1. The number of carbonyl (C=O) groups excluding carboxylic acids is 1. The third-order valence-electron chi connectivity index (χ3n) is 2.59. The quantitative estimate of drug-likeness (QED) is 0.843. The Hall–Kier alpha value is -1.52. The molecule has 1 aromatic carbocycles. The summed E-state index contributed by atoms with van der Waals surface area (Å²) >= 11 is 7.45. The second-order valence-electron chi connectivity index (χ2n) is 4.32. The molecule has 1 aromatic heterocycles. The van der Waals surface area contributed by atoms with Gasteiger partial charge in [0.2, 0.25) is 5.91 Å². The highest BCUT2D eigenvalue weighted by Crippen LogP contribution is 2.21. The number of anilines is 1. The van der Waals surface area contributed by atoms with Gasteiger partial charge in [-0.25, -0.2) is 4.98 Å². The van der Waals surface area contributed by atoms with Crippen LogP contribution in [-0.2, 0) is 4.79 Å². The molecule has 0 fully saturated rings. The van der Waals surface area contributed by atoms with E-state index < -0.39 is 0 Å². The fraction of sp³-hybridized carbons (Fsp3) is 0.200. The van der Waals surface area contributed by atoms with E-state index in [9.17, 15) is 4.79 Å². The highest BCUT2D eigenvalue weighted by molar-refractivity contribution is 7.99. The first-order valence-corrected chi connectivity index (χ1v) is 7.61. The minimum Gasteiger partial charge on any atom is -0.311 e. The number of halogens is 1. The van der Waals surface area contributed by atoms with Crippen LogP contribution in [-0.4, -0.2) is 16.6 Å². The summed E-state index contributed by atoms with van der Waals surface area (Å²) in [6, 6.07) is 11.3. The lowest BCUT2D eigenvalue weighted by Crippen LogP contribution is -2.13. The van der Waals surface area contributed by atoms with Crippen molar-refractivity contribution < 1.29 is 4.79 Å². The molecule has 0 aliphatic rings. The summed E-state index contributed by atoms with van der Waals surface area (Å²) in [5.41, 5.74) is 1.07. The zero-order chi connectivity index (χ0) is 14.4. The van der Waals surface area contributed by atoms with Crippen LogP contribution in [0.1, 0.15) is 12.0 Å². The van der Waals surface area contributed by atoms with Crippen molar-refractivity contribution in [1.82, 2.24) is 4.98 Å². The molecule has 0 aliphatic heterocycles. The van der Waals surface area contributed by atoms with Crippen LogP contribution in [0.3, 0.4) is 0 Å². The number of benzene rings is 1. The second kappa shape index (κ2) is 7.31. The zero-order valence-electron chi connectivity index (χ0n) is 11.1. The second-order valence-corrected chi connectivity index (χ2v) is 5.93. The first-order valence-electron chi connectivity index (χ1n) is 6.24. The standard InChI is InChI=1S/C15H15ClN2OS/c1-11-2-7-14(17-10-11)18-15(19)8-9-20-13-5-3-12(16)4-6-13/h2-7,10H,8-9H2,1H3,(H,17,18,19). The largest absolute Gasteiger partial charge is 0.311 e. The Morgan fingerprint density at radius 1 is 1.25 bits per heavy atom. The Kier molecular flexibility index (Phi) is 5.44. The summed E-state index contributed by atoms with van der Waals surface area (Å²) in [5.74, 6) is 1.29. The van der Waals surface area contributed by atoms with Gasteiger partial charge < -0.3 is 5.32 Å². The molecule has 1 amide bonds. The van der Waals surface area contributed by atoms with Gasteiger partial charge in [-0.15, -0.1) is 11.8 Å². The lowest BCUT2D eigenvalue weighted by atomic mass is 10.3. The van der Waals surface area contributed by atoms with Crippen LogP contribution in [0.5, 0.6) is 0 Å². The average Bonchev–Trinajstić information content (AvgIpc) is 2.44. The monoisotopic (exact) mass is 306 g/mol. The lowest BCUT2D eigenvalue weighted by Gasteiger charge is -2.05. The van der Waals surface area contributed by atoms with Gasteiger partial charge in [0, 0.05) is 28.3 Å². The molecule has 0 atom stereocenters. The van der Waals surface area contributed by atoms with Gasteiger partial charge in [0.25, 0.3) is 0 Å². The molecule has 0 saturated heterocycles. The molecule has 0 aliphatic carbocycles. The molecule has 0 saturated carbocycles. The van der Waals surface area contributed by atoms with Gasteiger partial charge in [-0.3, -0.25) is 4.79 Å². The van der Waals surface area contributed by atoms with Crippen molar-refractivity contribution in [2.45, 2.75) is 18.2 Å². The maximum Gasteiger partial charge on any atom is 0.226 e. The van der Waals surface area contributed by atoms with Crippen molar-refractivity contribution in [2.24, 2.45) is 0 Å². The normalized spacial score (nSPS) is 10.3. The van der Waals surface area contributed by atoms with E-state index in [-0.39, 0.29) is 5.91 Å². The summed E-state index contributed by atoms with van der Waals surface area (Å²) in [6.45, 7) is 1.96. The molecule has 0 unspecified atom stereocenters. The molecule has 0 radical (unpaired) electrons. The molecule has 3 nitrogen and oxygen atoms in total. The fourth-order valence-electron chi connectivity index (χ4n) is 1.54. The van der Waals surface area contributed by atoms with E-state index in [0.29, 0.717) is 12.2 Å². The van der Waals surface area contributed by atoms with E-state index in [4.69, 9.17) is 11.6 Å². The van der Waals surface area contributed by atoms with Gasteiger partial charge in [0.05, 0.1) is 0 Å². The number of rotatable bonds is 5. The predicted octanol–water partition coefficient (Wildman–Crippen LogP) is 4.16. The summed E-state index contributed by atoms with van der Waals surface area (Å²) < 4.78 is 0. The molecule has 0 spiro atoms. The van der Waals surface area contributed by atoms with Gasteiger partial charge in [-0.2, -0.15) is 0 Å². The van der Waals surface area contributed by atoms with Crippen LogP contribution < -0.4 is 5.32 Å². The number of nitrogens with one attached hydrogen (secondary N) is 1. The Morgan fingerprint density at radius 2 is 2.00 bits per heavy atom. The molecule has 1 heterocycles. The highest BCUT2D eigenvalue weighted by Gasteiger charge is 2.03. The van der Waals surface area contributed by atoms with Crippen molar-refractivity contribution in [3.63, 3.8) is 0 Å². The van der Waals surface area contributed by atoms with E-state index in [1.54, 1.807) is 24.0 Å². The first-order chi connectivity index (χ1) is 9.63. The first kappa shape index (κ1) is 14.9. The van der Waals surface area contributed by atoms with Crippen molar-refractivity contribution in [2.75, 3.05) is 11.1 Å². The number of carbonyl (C=O) groups is 1. The molecule has 2 rings (SSSR count). The van der Waals surface area contributed by atoms with Crippen molar-refractivity contribution in [3.8, 4) is 0 Å². The fourth-order valence-corrected chi connectivity index (χ4v) is 2.52. The summed E-state index contributed by atoms with van der Waals surface area (Å²) in [4.78, 5) is 17.0. The summed E-state index contributed by atoms with van der Waals surface area (Å²) in [7, 11) is 0. The number of pyridine rings is 1. The van der Waals surface area contributed by atoms with E-state index in [0.717, 1.165) is 21.2 Å². The van der Waals surface area contributed by atoms with Gasteiger partial charge in [-0.1, -0.05) is 17.7 Å². The maximum absolute atomic E-state index is 11.8. The molecular weight excluding hydrogens is 292 g/mol. The Bertz CT molecular complexity index is 569. The van der Waals surface area contributed by atoms with Crippen LogP contribution >= 0.6 is 23.4 Å². The predicted molar refractivity (Wildman–Crippen MR) is 84.4 cm³/mol. The van der Waals surface area contributed by atoms with Crippen molar-refractivity contribution in [3.05, 3.63) is 53.2 Å². The number of thioether (sulfide) groups is 1. The van der Waals surface area contributed by atoms with Gasteiger partial charge in [0.15, 0.2) is 0 Å².